The summed E-state index contributed by atoms with van der Waals surface area (Å²) in [5, 5.41) is 11.2. The van der Waals surface area contributed by atoms with Crippen LogP contribution in [0.1, 0.15) is 36.7 Å². The van der Waals surface area contributed by atoms with Crippen LogP contribution in [-0.2, 0) is 9.59 Å². The fraction of sp³-hybridized carbons (Fsp3) is 0.375. The first-order valence-corrected chi connectivity index (χ1v) is 10.5. The van der Waals surface area contributed by atoms with E-state index < -0.39 is 17.7 Å². The molecule has 31 heavy (non-hydrogen) atoms. The number of aryl methyl sites for hydroxylation is 1. The molecule has 1 N–H and O–H groups in total. The third-order valence-electron chi connectivity index (χ3n) is 5.67. The van der Waals surface area contributed by atoms with Gasteiger partial charge in [0.1, 0.15) is 17.6 Å². The minimum atomic E-state index is -0.762. The monoisotopic (exact) mass is 423 g/mol. The number of ether oxygens (including phenoxy) is 1. The molecule has 164 valence electrons. The maximum absolute atomic E-state index is 13.1. The average molecular weight is 424 g/mol. The number of carbonyl (C=O) groups excluding carboxylic acids is 2. The van der Waals surface area contributed by atoms with E-state index in [4.69, 9.17) is 4.74 Å². The van der Waals surface area contributed by atoms with Crippen molar-refractivity contribution in [3.8, 4) is 5.75 Å². The fourth-order valence-electron chi connectivity index (χ4n) is 3.90. The van der Waals surface area contributed by atoms with Gasteiger partial charge in [-0.05, 0) is 44.3 Å². The lowest BCUT2D eigenvalue weighted by Crippen LogP contribution is -2.38. The van der Waals surface area contributed by atoms with Gasteiger partial charge < -0.3 is 19.6 Å². The van der Waals surface area contributed by atoms with Crippen LogP contribution in [0.15, 0.2) is 48.2 Å². The summed E-state index contributed by atoms with van der Waals surface area (Å²) in [5.74, 6) is -1.16. The molecule has 1 aliphatic rings. The lowest BCUT2D eigenvalue weighted by Gasteiger charge is -2.27. The van der Waals surface area contributed by atoms with Crippen molar-refractivity contribution in [2.75, 3.05) is 33.3 Å². The predicted molar refractivity (Wildman–Crippen MR) is 119 cm³/mol. The van der Waals surface area contributed by atoms with Crippen molar-refractivity contribution in [3.63, 3.8) is 0 Å². The molecular formula is C24H29N3O4. The lowest BCUT2D eigenvalue weighted by molar-refractivity contribution is -0.140. The van der Waals surface area contributed by atoms with Crippen LogP contribution < -0.4 is 4.74 Å². The molecule has 1 fully saturated rings. The first kappa shape index (κ1) is 22.5. The highest BCUT2D eigenvalue weighted by Gasteiger charge is 2.46. The largest absolute Gasteiger partial charge is 0.507 e. The molecule has 0 radical (unpaired) electrons. The maximum Gasteiger partial charge on any atom is 0.295 e. The molecule has 1 amide bonds. The zero-order chi connectivity index (χ0) is 22.5. The van der Waals surface area contributed by atoms with Crippen LogP contribution in [0, 0.1) is 6.92 Å². The van der Waals surface area contributed by atoms with Gasteiger partial charge in [-0.15, -0.1) is 0 Å². The molecule has 1 atom stereocenters. The Morgan fingerprint density at radius 2 is 1.94 bits per heavy atom. The summed E-state index contributed by atoms with van der Waals surface area (Å²) in [5.41, 5.74) is 1.85. The van der Waals surface area contributed by atoms with Gasteiger partial charge in [0.05, 0.1) is 23.9 Å². The van der Waals surface area contributed by atoms with Crippen molar-refractivity contribution >= 4 is 17.4 Å². The minimum Gasteiger partial charge on any atom is -0.507 e. The van der Waals surface area contributed by atoms with Crippen LogP contribution in [-0.4, -0.2) is 64.9 Å². The second-order valence-corrected chi connectivity index (χ2v) is 7.48. The van der Waals surface area contributed by atoms with E-state index in [0.717, 1.165) is 18.7 Å². The topological polar surface area (TPSA) is 83.0 Å². The number of aliphatic hydroxyl groups is 1. The highest BCUT2D eigenvalue weighted by molar-refractivity contribution is 6.46. The third-order valence-corrected chi connectivity index (χ3v) is 5.67. The molecule has 1 unspecified atom stereocenters. The van der Waals surface area contributed by atoms with Gasteiger partial charge in [-0.2, -0.15) is 0 Å². The smallest absolute Gasteiger partial charge is 0.295 e. The third kappa shape index (κ3) is 4.46. The molecule has 2 heterocycles. The molecule has 1 aromatic heterocycles. The van der Waals surface area contributed by atoms with Crippen molar-refractivity contribution < 1.29 is 19.4 Å². The molecule has 0 saturated carbocycles. The number of methoxy groups -OCH3 is 1. The number of nitrogens with zero attached hydrogens (tertiary/aromatic N) is 3. The van der Waals surface area contributed by atoms with Gasteiger partial charge in [-0.25, -0.2) is 0 Å². The van der Waals surface area contributed by atoms with Crippen molar-refractivity contribution in [1.82, 2.24) is 14.8 Å². The van der Waals surface area contributed by atoms with Crippen LogP contribution in [0.4, 0.5) is 0 Å². The van der Waals surface area contributed by atoms with Crippen LogP contribution in [0.25, 0.3) is 5.76 Å². The van der Waals surface area contributed by atoms with Gasteiger partial charge in [0.2, 0.25) is 0 Å². The Bertz CT molecular complexity index is 984. The molecule has 3 rings (SSSR count). The standard InChI is InChI=1S/C24H29N3O4/c1-5-26(6-2)13-14-27-21(18-9-7-8-12-25-18)20(23(29)24(27)30)22(28)17-15-16(3)10-11-19(17)31-4/h7-12,15,21,28H,5-6,13-14H2,1-4H3/b22-20+. The number of aliphatic hydroxyl groups excluding tert-OH is 1. The maximum atomic E-state index is 13.1. The second kappa shape index (κ2) is 9.75. The van der Waals surface area contributed by atoms with Crippen LogP contribution in [0.3, 0.4) is 0 Å². The molecule has 0 bridgehead atoms. The number of rotatable bonds is 8. The summed E-state index contributed by atoms with van der Waals surface area (Å²) in [6, 6.07) is 9.91. The predicted octanol–water partition coefficient (Wildman–Crippen LogP) is 3.16. The molecule has 1 saturated heterocycles. The number of hydrogen-bond acceptors (Lipinski definition) is 6. The van der Waals surface area contributed by atoms with E-state index >= 15 is 0 Å². The van der Waals surface area contributed by atoms with E-state index in [9.17, 15) is 14.7 Å². The molecule has 7 nitrogen and oxygen atoms in total. The Balaban J connectivity index is 2.14. The van der Waals surface area contributed by atoms with Crippen molar-refractivity contribution in [1.29, 1.82) is 0 Å². The normalized spacial score (nSPS) is 18.1. The SMILES string of the molecule is CCN(CC)CCN1C(=O)C(=O)/C(=C(/O)c2cc(C)ccc2OC)C1c1ccccn1. The first-order valence-electron chi connectivity index (χ1n) is 10.5. The van der Waals surface area contributed by atoms with Gasteiger partial charge in [-0.1, -0.05) is 31.5 Å². The molecular weight excluding hydrogens is 394 g/mol. The van der Waals surface area contributed by atoms with Gasteiger partial charge in [-0.3, -0.25) is 14.6 Å². The summed E-state index contributed by atoms with van der Waals surface area (Å²) in [7, 11) is 1.50. The Labute approximate surface area is 183 Å². The molecule has 1 aliphatic heterocycles. The van der Waals surface area contributed by atoms with Gasteiger partial charge in [0, 0.05) is 19.3 Å². The number of pyridine rings is 1. The lowest BCUT2D eigenvalue weighted by atomic mass is 9.97. The van der Waals surface area contributed by atoms with Gasteiger partial charge >= 0.3 is 0 Å². The van der Waals surface area contributed by atoms with Crippen molar-refractivity contribution in [2.24, 2.45) is 0 Å². The van der Waals surface area contributed by atoms with Crippen molar-refractivity contribution in [2.45, 2.75) is 26.8 Å². The number of likely N-dealkylation sites (tertiary alicyclic amines) is 1. The Kier molecular flexibility index (Phi) is 7.07. The summed E-state index contributed by atoms with van der Waals surface area (Å²) in [6.45, 7) is 8.65. The molecule has 7 heteroatoms. The number of ketones is 1. The number of aromatic nitrogens is 1. The fourth-order valence-corrected chi connectivity index (χ4v) is 3.90. The first-order chi connectivity index (χ1) is 14.9. The van der Waals surface area contributed by atoms with E-state index in [-0.39, 0.29) is 11.3 Å². The Hall–Kier alpha value is -3.19. The average Bonchev–Trinajstić information content (AvgIpc) is 3.04. The number of hydrogen-bond donors (Lipinski definition) is 1. The van der Waals surface area contributed by atoms with Crippen LogP contribution >= 0.6 is 0 Å². The highest BCUT2D eigenvalue weighted by Crippen LogP contribution is 2.40. The summed E-state index contributed by atoms with van der Waals surface area (Å²) >= 11 is 0. The molecule has 2 aromatic rings. The molecule has 0 spiro atoms. The highest BCUT2D eigenvalue weighted by atomic mass is 16.5. The van der Waals surface area contributed by atoms with Gasteiger partial charge in [0.15, 0.2) is 0 Å². The van der Waals surface area contributed by atoms with E-state index in [1.54, 1.807) is 36.5 Å². The van der Waals surface area contributed by atoms with E-state index in [1.807, 2.05) is 13.0 Å². The van der Waals surface area contributed by atoms with Crippen LogP contribution in [0.5, 0.6) is 5.75 Å². The second-order valence-electron chi connectivity index (χ2n) is 7.48. The summed E-state index contributed by atoms with van der Waals surface area (Å²) in [4.78, 5) is 34.2. The van der Waals surface area contributed by atoms with E-state index in [2.05, 4.69) is 23.7 Å². The Morgan fingerprint density at radius 1 is 1.19 bits per heavy atom. The molecule has 0 aliphatic carbocycles. The zero-order valence-electron chi connectivity index (χ0n) is 18.5. The summed E-state index contributed by atoms with van der Waals surface area (Å²) < 4.78 is 5.39. The summed E-state index contributed by atoms with van der Waals surface area (Å²) in [6.07, 6.45) is 1.62. The number of carbonyl (C=O) groups is 2. The van der Waals surface area contributed by atoms with Crippen LogP contribution in [0.2, 0.25) is 0 Å². The molecule has 1 aromatic carbocycles. The Morgan fingerprint density at radius 3 is 2.55 bits per heavy atom. The number of likely N-dealkylation sites (N-methyl/N-ethyl adjacent to an activating group) is 1. The van der Waals surface area contributed by atoms with E-state index in [0.29, 0.717) is 30.1 Å². The van der Waals surface area contributed by atoms with E-state index in [1.165, 1.54) is 12.0 Å². The number of amides is 1. The quantitative estimate of drug-likeness (QED) is 0.399. The number of benzene rings is 1. The number of Topliss-reactive ketones (excluding diaryl/α,β-unsaturated/α-hetero) is 1. The van der Waals surface area contributed by atoms with Crippen molar-refractivity contribution in [3.05, 3.63) is 65.0 Å². The van der Waals surface area contributed by atoms with Gasteiger partial charge in [0.25, 0.3) is 11.7 Å². The zero-order valence-corrected chi connectivity index (χ0v) is 18.5. The minimum absolute atomic E-state index is 0.0344.